The van der Waals surface area contributed by atoms with E-state index in [0.717, 1.165) is 12.0 Å². The molecule has 0 saturated carbocycles. The molecule has 1 amide bonds. The van der Waals surface area contributed by atoms with Crippen molar-refractivity contribution in [3.05, 3.63) is 35.9 Å². The van der Waals surface area contributed by atoms with Crippen molar-refractivity contribution in [3.8, 4) is 0 Å². The summed E-state index contributed by atoms with van der Waals surface area (Å²) in [5.74, 6) is -0.0520. The summed E-state index contributed by atoms with van der Waals surface area (Å²) < 4.78 is 0. The van der Waals surface area contributed by atoms with Gasteiger partial charge in [0.05, 0.1) is 11.5 Å². The van der Waals surface area contributed by atoms with Gasteiger partial charge >= 0.3 is 0 Å². The van der Waals surface area contributed by atoms with Gasteiger partial charge in [-0.1, -0.05) is 43.7 Å². The van der Waals surface area contributed by atoms with Crippen molar-refractivity contribution in [2.24, 2.45) is 0 Å². The Kier molecular flexibility index (Phi) is 5.35. The van der Waals surface area contributed by atoms with E-state index in [1.807, 2.05) is 51.1 Å². The van der Waals surface area contributed by atoms with Gasteiger partial charge in [-0.3, -0.25) is 4.79 Å². The number of hydrogen-bond donors (Lipinski definition) is 2. The van der Waals surface area contributed by atoms with E-state index < -0.39 is 11.5 Å². The van der Waals surface area contributed by atoms with Gasteiger partial charge in [0.1, 0.15) is 0 Å². The van der Waals surface area contributed by atoms with Crippen molar-refractivity contribution in [2.45, 2.75) is 45.1 Å². The Balaban J connectivity index is 2.60. The number of aliphatic hydroxyl groups is 1. The standard InChI is InChI=1S/C15H23NO2/c1-4-8-13(17)11-16-14(18)15(2,3)12-9-6-5-7-10-12/h5-7,9-10,13,17H,4,8,11H2,1-3H3,(H,16,18). The monoisotopic (exact) mass is 249 g/mol. The summed E-state index contributed by atoms with van der Waals surface area (Å²) in [4.78, 5) is 12.2. The zero-order chi connectivity index (χ0) is 13.6. The number of aliphatic hydroxyl groups excluding tert-OH is 1. The van der Waals surface area contributed by atoms with Crippen LogP contribution in [-0.2, 0) is 10.2 Å². The average Bonchev–Trinajstić information content (AvgIpc) is 2.37. The summed E-state index contributed by atoms with van der Waals surface area (Å²) in [6, 6.07) is 9.68. The Morgan fingerprint density at radius 3 is 2.50 bits per heavy atom. The van der Waals surface area contributed by atoms with E-state index in [-0.39, 0.29) is 5.91 Å². The third-order valence-electron chi connectivity index (χ3n) is 3.18. The topological polar surface area (TPSA) is 49.3 Å². The van der Waals surface area contributed by atoms with Gasteiger partial charge in [-0.05, 0) is 25.8 Å². The molecule has 1 unspecified atom stereocenters. The predicted molar refractivity (Wildman–Crippen MR) is 73.4 cm³/mol. The van der Waals surface area contributed by atoms with E-state index in [1.165, 1.54) is 0 Å². The lowest BCUT2D eigenvalue weighted by molar-refractivity contribution is -0.126. The van der Waals surface area contributed by atoms with Crippen LogP contribution in [0.15, 0.2) is 30.3 Å². The lowest BCUT2D eigenvalue weighted by atomic mass is 9.84. The number of carbonyl (C=O) groups is 1. The highest BCUT2D eigenvalue weighted by atomic mass is 16.3. The minimum atomic E-state index is -0.576. The quantitative estimate of drug-likeness (QED) is 0.812. The van der Waals surface area contributed by atoms with Crippen LogP contribution in [0, 0.1) is 0 Å². The van der Waals surface area contributed by atoms with E-state index in [4.69, 9.17) is 0 Å². The summed E-state index contributed by atoms with van der Waals surface area (Å²) in [7, 11) is 0. The summed E-state index contributed by atoms with van der Waals surface area (Å²) >= 11 is 0. The van der Waals surface area contributed by atoms with Crippen LogP contribution in [0.3, 0.4) is 0 Å². The van der Waals surface area contributed by atoms with Crippen LogP contribution >= 0.6 is 0 Å². The maximum atomic E-state index is 12.2. The second kappa shape index (κ2) is 6.55. The molecule has 1 atom stereocenters. The van der Waals surface area contributed by atoms with E-state index >= 15 is 0 Å². The summed E-state index contributed by atoms with van der Waals surface area (Å²) in [6.45, 7) is 6.12. The minimum Gasteiger partial charge on any atom is -0.391 e. The number of rotatable bonds is 6. The van der Waals surface area contributed by atoms with Gasteiger partial charge in [0, 0.05) is 6.54 Å². The first-order valence-electron chi connectivity index (χ1n) is 6.50. The fourth-order valence-corrected chi connectivity index (χ4v) is 1.85. The molecule has 0 aromatic heterocycles. The van der Waals surface area contributed by atoms with Crippen molar-refractivity contribution in [1.82, 2.24) is 5.32 Å². The van der Waals surface area contributed by atoms with Crippen LogP contribution in [0.4, 0.5) is 0 Å². The normalized spacial score (nSPS) is 13.1. The third kappa shape index (κ3) is 3.84. The Hall–Kier alpha value is -1.35. The molecule has 0 saturated heterocycles. The molecular formula is C15H23NO2. The molecule has 0 heterocycles. The molecule has 1 aromatic rings. The van der Waals surface area contributed by atoms with Gasteiger partial charge in [-0.25, -0.2) is 0 Å². The van der Waals surface area contributed by atoms with Crippen LogP contribution in [0.5, 0.6) is 0 Å². The summed E-state index contributed by atoms with van der Waals surface area (Å²) in [5.41, 5.74) is 0.403. The van der Waals surface area contributed by atoms with Gasteiger partial charge < -0.3 is 10.4 Å². The number of nitrogens with one attached hydrogen (secondary N) is 1. The molecule has 0 bridgehead atoms. The fourth-order valence-electron chi connectivity index (χ4n) is 1.85. The molecule has 0 spiro atoms. The van der Waals surface area contributed by atoms with E-state index in [1.54, 1.807) is 0 Å². The van der Waals surface area contributed by atoms with Crippen LogP contribution in [-0.4, -0.2) is 23.7 Å². The molecule has 2 N–H and O–H groups in total. The Morgan fingerprint density at radius 1 is 1.33 bits per heavy atom. The summed E-state index contributed by atoms with van der Waals surface area (Å²) in [6.07, 6.45) is 1.18. The van der Waals surface area contributed by atoms with Crippen molar-refractivity contribution < 1.29 is 9.90 Å². The first-order valence-corrected chi connectivity index (χ1v) is 6.50. The van der Waals surface area contributed by atoms with Gasteiger partial charge in [0.25, 0.3) is 0 Å². The molecule has 3 heteroatoms. The Bertz CT molecular complexity index is 373. The van der Waals surface area contributed by atoms with E-state index in [9.17, 15) is 9.90 Å². The first-order chi connectivity index (χ1) is 8.48. The van der Waals surface area contributed by atoms with Crippen LogP contribution in [0.1, 0.15) is 39.2 Å². The highest BCUT2D eigenvalue weighted by Gasteiger charge is 2.29. The van der Waals surface area contributed by atoms with Crippen LogP contribution in [0.2, 0.25) is 0 Å². The first kappa shape index (κ1) is 14.7. The lowest BCUT2D eigenvalue weighted by Crippen LogP contribution is -2.43. The molecule has 0 aliphatic heterocycles. The number of carbonyl (C=O) groups excluding carboxylic acids is 1. The zero-order valence-electron chi connectivity index (χ0n) is 11.4. The van der Waals surface area contributed by atoms with Crippen molar-refractivity contribution >= 4 is 5.91 Å². The fraction of sp³-hybridized carbons (Fsp3) is 0.533. The van der Waals surface area contributed by atoms with Crippen molar-refractivity contribution in [2.75, 3.05) is 6.54 Å². The lowest BCUT2D eigenvalue weighted by Gasteiger charge is -2.25. The number of amides is 1. The Morgan fingerprint density at radius 2 is 1.94 bits per heavy atom. The molecule has 0 aliphatic carbocycles. The SMILES string of the molecule is CCCC(O)CNC(=O)C(C)(C)c1ccccc1. The zero-order valence-corrected chi connectivity index (χ0v) is 11.4. The molecule has 0 aliphatic rings. The average molecular weight is 249 g/mol. The molecule has 1 aromatic carbocycles. The largest absolute Gasteiger partial charge is 0.391 e. The summed E-state index contributed by atoms with van der Waals surface area (Å²) in [5, 5.41) is 12.4. The van der Waals surface area contributed by atoms with E-state index in [0.29, 0.717) is 13.0 Å². The van der Waals surface area contributed by atoms with Gasteiger partial charge in [-0.15, -0.1) is 0 Å². The van der Waals surface area contributed by atoms with Crippen molar-refractivity contribution in [1.29, 1.82) is 0 Å². The molecule has 0 fully saturated rings. The second-order valence-electron chi connectivity index (χ2n) is 5.14. The van der Waals surface area contributed by atoms with Crippen molar-refractivity contribution in [3.63, 3.8) is 0 Å². The number of hydrogen-bond acceptors (Lipinski definition) is 2. The molecule has 100 valence electrons. The molecule has 18 heavy (non-hydrogen) atoms. The second-order valence-corrected chi connectivity index (χ2v) is 5.14. The highest BCUT2D eigenvalue weighted by Crippen LogP contribution is 2.22. The predicted octanol–water partition coefficient (Wildman–Crippen LogP) is 2.24. The maximum absolute atomic E-state index is 12.2. The number of benzene rings is 1. The Labute approximate surface area is 109 Å². The van der Waals surface area contributed by atoms with Gasteiger partial charge in [0.2, 0.25) is 5.91 Å². The smallest absolute Gasteiger partial charge is 0.230 e. The van der Waals surface area contributed by atoms with Crippen LogP contribution < -0.4 is 5.32 Å². The molecule has 1 rings (SSSR count). The van der Waals surface area contributed by atoms with Gasteiger partial charge in [-0.2, -0.15) is 0 Å². The molecule has 3 nitrogen and oxygen atoms in total. The van der Waals surface area contributed by atoms with Gasteiger partial charge in [0.15, 0.2) is 0 Å². The highest BCUT2D eigenvalue weighted by molar-refractivity contribution is 5.87. The minimum absolute atomic E-state index is 0.0520. The van der Waals surface area contributed by atoms with E-state index in [2.05, 4.69) is 5.32 Å². The molecular weight excluding hydrogens is 226 g/mol. The maximum Gasteiger partial charge on any atom is 0.230 e. The van der Waals surface area contributed by atoms with Crippen LogP contribution in [0.25, 0.3) is 0 Å². The molecule has 0 radical (unpaired) electrons. The third-order valence-corrected chi connectivity index (χ3v) is 3.18.